The Balaban J connectivity index is 1.43. The van der Waals surface area contributed by atoms with Crippen molar-refractivity contribution in [3.63, 3.8) is 0 Å². The van der Waals surface area contributed by atoms with Crippen LogP contribution in [0.2, 0.25) is 10.0 Å². The minimum Gasteiger partial charge on any atom is -0.356 e. The highest BCUT2D eigenvalue weighted by Gasteiger charge is 2.69. The zero-order chi connectivity index (χ0) is 23.9. The lowest BCUT2D eigenvalue weighted by Gasteiger charge is -2.31. The van der Waals surface area contributed by atoms with E-state index >= 15 is 0 Å². The van der Waals surface area contributed by atoms with Crippen molar-refractivity contribution in [2.45, 2.75) is 51.6 Å². The summed E-state index contributed by atoms with van der Waals surface area (Å²) < 4.78 is 0. The summed E-state index contributed by atoms with van der Waals surface area (Å²) in [4.78, 5) is 40.0. The molecule has 2 heterocycles. The Kier molecular flexibility index (Phi) is 6.61. The van der Waals surface area contributed by atoms with Gasteiger partial charge in [-0.05, 0) is 54.2 Å². The maximum atomic E-state index is 13.3. The quantitative estimate of drug-likeness (QED) is 0.612. The number of carbonyl (C=O) groups excluding carboxylic acids is 3. The Bertz CT molecular complexity index is 1000. The van der Waals surface area contributed by atoms with Gasteiger partial charge >= 0.3 is 0 Å². The molecular weight excluding hydrogens is 463 g/mol. The lowest BCUT2D eigenvalue weighted by Crippen LogP contribution is -2.52. The maximum Gasteiger partial charge on any atom is 0.244 e. The van der Waals surface area contributed by atoms with E-state index in [-0.39, 0.29) is 53.7 Å². The van der Waals surface area contributed by atoms with Crippen molar-refractivity contribution in [2.24, 2.45) is 23.2 Å². The molecule has 4 rings (SSSR count). The molecule has 0 aromatic heterocycles. The van der Waals surface area contributed by atoms with Gasteiger partial charge in [0.15, 0.2) is 0 Å². The normalized spacial score (nSPS) is 28.0. The van der Waals surface area contributed by atoms with Gasteiger partial charge < -0.3 is 15.5 Å². The molecule has 3 amide bonds. The molecule has 2 N–H and O–H groups in total. The second-order valence-corrected chi connectivity index (χ2v) is 10.7. The summed E-state index contributed by atoms with van der Waals surface area (Å²) in [5.74, 6) is -0.493. The molecule has 9 heteroatoms. The first-order chi connectivity index (χ1) is 15.6. The lowest BCUT2D eigenvalue weighted by molar-refractivity contribution is -0.140. The zero-order valence-electron chi connectivity index (χ0n) is 18.7. The number of piperidine rings is 1. The fourth-order valence-corrected chi connectivity index (χ4v) is 6.13. The third-order valence-electron chi connectivity index (χ3n) is 7.60. The number of nitrogens with one attached hydrogen (secondary N) is 2. The van der Waals surface area contributed by atoms with Gasteiger partial charge in [0.05, 0.1) is 6.07 Å². The van der Waals surface area contributed by atoms with Crippen molar-refractivity contribution in [2.75, 3.05) is 13.1 Å². The predicted molar refractivity (Wildman–Crippen MR) is 124 cm³/mol. The van der Waals surface area contributed by atoms with Gasteiger partial charge in [-0.15, -0.1) is 0 Å². The van der Waals surface area contributed by atoms with E-state index in [2.05, 4.69) is 30.6 Å². The summed E-state index contributed by atoms with van der Waals surface area (Å²) in [5.41, 5.74) is 0.692. The van der Waals surface area contributed by atoms with Crippen LogP contribution >= 0.6 is 23.2 Å². The molecule has 0 radical (unpaired) electrons. The highest BCUT2D eigenvalue weighted by molar-refractivity contribution is 6.36. The summed E-state index contributed by atoms with van der Waals surface area (Å²) in [6.07, 6.45) is 1.51. The highest BCUT2D eigenvalue weighted by Crippen LogP contribution is 2.64. The van der Waals surface area contributed by atoms with Crippen LogP contribution in [0.25, 0.3) is 0 Å². The number of fused-ring (bicyclic) bond motifs is 1. The molecule has 3 aliphatic rings. The fraction of sp³-hybridized carbons (Fsp3) is 0.583. The summed E-state index contributed by atoms with van der Waals surface area (Å²) in [6, 6.07) is 5.96. The fourth-order valence-electron chi connectivity index (χ4n) is 5.55. The first-order valence-corrected chi connectivity index (χ1v) is 12.1. The summed E-state index contributed by atoms with van der Waals surface area (Å²) >= 11 is 12.5. The molecule has 0 spiro atoms. The SMILES string of the molecule is CC1(C)[C@@H]2[C@@H](C(=O)N[C@H](C#N)C[C@@H]3CCNC3=O)N(C(=O)CCc3c(Cl)cccc3Cl)C[C@@H]21. The van der Waals surface area contributed by atoms with Gasteiger partial charge in [0, 0.05) is 35.5 Å². The van der Waals surface area contributed by atoms with Gasteiger partial charge in [-0.3, -0.25) is 14.4 Å². The Morgan fingerprint density at radius 1 is 1.33 bits per heavy atom. The summed E-state index contributed by atoms with van der Waals surface area (Å²) in [6.45, 7) is 5.33. The number of amides is 3. The van der Waals surface area contributed by atoms with E-state index in [9.17, 15) is 19.6 Å². The van der Waals surface area contributed by atoms with Crippen LogP contribution in [-0.2, 0) is 20.8 Å². The zero-order valence-corrected chi connectivity index (χ0v) is 20.2. The Morgan fingerprint density at radius 3 is 2.64 bits per heavy atom. The Hall–Kier alpha value is -2.30. The summed E-state index contributed by atoms with van der Waals surface area (Å²) in [7, 11) is 0. The van der Waals surface area contributed by atoms with E-state index in [0.29, 0.717) is 36.0 Å². The van der Waals surface area contributed by atoms with Crippen molar-refractivity contribution in [1.29, 1.82) is 5.26 Å². The Morgan fingerprint density at radius 2 is 2.03 bits per heavy atom. The van der Waals surface area contributed by atoms with Crippen molar-refractivity contribution < 1.29 is 14.4 Å². The number of halogens is 2. The van der Waals surface area contributed by atoms with Gasteiger partial charge in [-0.25, -0.2) is 0 Å². The van der Waals surface area contributed by atoms with Gasteiger partial charge in [0.1, 0.15) is 12.1 Å². The van der Waals surface area contributed by atoms with E-state index < -0.39 is 12.1 Å². The van der Waals surface area contributed by atoms with E-state index in [1.165, 1.54) is 0 Å². The minimum absolute atomic E-state index is 0.0295. The van der Waals surface area contributed by atoms with E-state index in [4.69, 9.17) is 23.2 Å². The first-order valence-electron chi connectivity index (χ1n) is 11.3. The number of hydrogen-bond donors (Lipinski definition) is 2. The molecule has 3 fully saturated rings. The van der Waals surface area contributed by atoms with Crippen molar-refractivity contribution in [3.8, 4) is 6.07 Å². The third kappa shape index (κ3) is 4.56. The van der Waals surface area contributed by atoms with Crippen LogP contribution in [0.3, 0.4) is 0 Å². The van der Waals surface area contributed by atoms with Gasteiger partial charge in [0.2, 0.25) is 17.7 Å². The number of hydrogen-bond acceptors (Lipinski definition) is 4. The number of nitrogens with zero attached hydrogens (tertiary/aromatic N) is 2. The van der Waals surface area contributed by atoms with Crippen LogP contribution in [0, 0.1) is 34.5 Å². The van der Waals surface area contributed by atoms with Crippen molar-refractivity contribution >= 4 is 40.9 Å². The second-order valence-electron chi connectivity index (χ2n) is 9.85. The molecule has 1 aliphatic carbocycles. The molecule has 1 aromatic carbocycles. The van der Waals surface area contributed by atoms with Gasteiger partial charge in [0.25, 0.3) is 0 Å². The molecule has 0 unspecified atom stereocenters. The molecule has 2 aliphatic heterocycles. The largest absolute Gasteiger partial charge is 0.356 e. The van der Waals surface area contributed by atoms with Crippen LogP contribution in [0.1, 0.15) is 38.7 Å². The number of carbonyl (C=O) groups is 3. The highest BCUT2D eigenvalue weighted by atomic mass is 35.5. The second kappa shape index (κ2) is 9.15. The molecule has 0 bridgehead atoms. The molecule has 176 valence electrons. The molecule has 1 saturated carbocycles. The van der Waals surface area contributed by atoms with Crippen LogP contribution in [-0.4, -0.2) is 47.8 Å². The topological polar surface area (TPSA) is 102 Å². The monoisotopic (exact) mass is 490 g/mol. The average Bonchev–Trinajstić information content (AvgIpc) is 3.12. The number of benzene rings is 1. The molecule has 1 aromatic rings. The van der Waals surface area contributed by atoms with Crippen LogP contribution in [0.4, 0.5) is 0 Å². The standard InChI is InChI=1S/C24H28Cl2N4O3/c1-24(2)16-12-30(19(31)7-6-15-17(25)4-3-5-18(15)26)21(20(16)24)23(33)29-14(11-27)10-13-8-9-28-22(13)32/h3-5,13-14,16,20-21H,6-10,12H2,1-2H3,(H,28,32)(H,29,33)/t13-,14-,16-,20-,21-/m0/s1. The smallest absolute Gasteiger partial charge is 0.244 e. The maximum absolute atomic E-state index is 13.3. The van der Waals surface area contributed by atoms with Crippen LogP contribution in [0.5, 0.6) is 0 Å². The van der Waals surface area contributed by atoms with Gasteiger partial charge in [-0.1, -0.05) is 43.1 Å². The number of likely N-dealkylation sites (tertiary alicyclic amines) is 1. The summed E-state index contributed by atoms with van der Waals surface area (Å²) in [5, 5.41) is 16.2. The Labute approximate surface area is 203 Å². The van der Waals surface area contributed by atoms with E-state index in [1.54, 1.807) is 23.1 Å². The average molecular weight is 491 g/mol. The lowest BCUT2D eigenvalue weighted by atomic mass is 9.97. The minimum atomic E-state index is -0.772. The first kappa shape index (κ1) is 23.8. The van der Waals surface area contributed by atoms with Crippen LogP contribution < -0.4 is 10.6 Å². The molecule has 33 heavy (non-hydrogen) atoms. The van der Waals surface area contributed by atoms with E-state index in [1.807, 2.05) is 0 Å². The molecule has 5 atom stereocenters. The van der Waals surface area contributed by atoms with Crippen molar-refractivity contribution in [1.82, 2.24) is 15.5 Å². The molecule has 2 saturated heterocycles. The number of rotatable bonds is 7. The molecule has 7 nitrogen and oxygen atoms in total. The van der Waals surface area contributed by atoms with Gasteiger partial charge in [-0.2, -0.15) is 5.26 Å². The predicted octanol–water partition coefficient (Wildman–Crippen LogP) is 2.94. The third-order valence-corrected chi connectivity index (χ3v) is 8.31. The molecular formula is C24H28Cl2N4O3. The van der Waals surface area contributed by atoms with E-state index in [0.717, 1.165) is 5.56 Å². The van der Waals surface area contributed by atoms with Crippen molar-refractivity contribution in [3.05, 3.63) is 33.8 Å². The van der Waals surface area contributed by atoms with Crippen LogP contribution in [0.15, 0.2) is 18.2 Å². The number of nitriles is 1.